The number of pyridine rings is 1. The van der Waals surface area contributed by atoms with Crippen LogP contribution < -0.4 is 4.74 Å². The van der Waals surface area contributed by atoms with Crippen molar-refractivity contribution >= 4 is 35.4 Å². The van der Waals surface area contributed by atoms with Crippen molar-refractivity contribution in [2.24, 2.45) is 0 Å². The van der Waals surface area contributed by atoms with Crippen LogP contribution in [0.15, 0.2) is 30.3 Å². The number of hydrogen-bond acceptors (Lipinski definition) is 3. The average molecular weight is 365 g/mol. The first-order valence-electron chi connectivity index (χ1n) is 7.84. The molecule has 0 N–H and O–H groups in total. The standard InChI is InChI=1S/C19H22Cl2N2O/c1-14-5-10-19(24-12-4-11-23(2)3)18(22-14)9-7-15-6-8-16(20)17(21)13-15/h5-10,13H,4,11-12H2,1-3H3. The molecule has 0 aliphatic rings. The van der Waals surface area contributed by atoms with E-state index in [1.807, 2.05) is 43.3 Å². The fraction of sp³-hybridized carbons (Fsp3) is 0.316. The lowest BCUT2D eigenvalue weighted by Gasteiger charge is -2.12. The molecule has 5 heteroatoms. The molecule has 0 fully saturated rings. The van der Waals surface area contributed by atoms with E-state index in [2.05, 4.69) is 24.0 Å². The zero-order valence-electron chi connectivity index (χ0n) is 14.2. The lowest BCUT2D eigenvalue weighted by Crippen LogP contribution is -2.15. The van der Waals surface area contributed by atoms with E-state index < -0.39 is 0 Å². The van der Waals surface area contributed by atoms with Crippen molar-refractivity contribution in [3.05, 3.63) is 57.3 Å². The Hall–Kier alpha value is -1.55. The van der Waals surface area contributed by atoms with E-state index in [0.29, 0.717) is 16.7 Å². The van der Waals surface area contributed by atoms with Gasteiger partial charge in [-0.05, 0) is 63.3 Å². The third kappa shape index (κ3) is 5.82. The Balaban J connectivity index is 2.11. The van der Waals surface area contributed by atoms with Crippen LogP contribution in [0.3, 0.4) is 0 Å². The third-order valence-corrected chi connectivity index (χ3v) is 4.15. The maximum Gasteiger partial charge on any atom is 0.144 e. The van der Waals surface area contributed by atoms with Crippen molar-refractivity contribution < 1.29 is 4.74 Å². The van der Waals surface area contributed by atoms with Gasteiger partial charge in [0.2, 0.25) is 0 Å². The van der Waals surface area contributed by atoms with Crippen LogP contribution in [0.2, 0.25) is 10.0 Å². The van der Waals surface area contributed by atoms with E-state index in [1.165, 1.54) is 0 Å². The minimum atomic E-state index is 0.538. The summed E-state index contributed by atoms with van der Waals surface area (Å²) in [5, 5.41) is 1.09. The predicted octanol–water partition coefficient (Wildman–Crippen LogP) is 5.20. The molecule has 1 aromatic carbocycles. The van der Waals surface area contributed by atoms with Crippen LogP contribution in [0.1, 0.15) is 23.4 Å². The van der Waals surface area contributed by atoms with Crippen LogP contribution in [-0.4, -0.2) is 37.1 Å². The van der Waals surface area contributed by atoms with Gasteiger partial charge in [-0.15, -0.1) is 0 Å². The Morgan fingerprint density at radius 2 is 1.88 bits per heavy atom. The van der Waals surface area contributed by atoms with Gasteiger partial charge in [-0.2, -0.15) is 0 Å². The minimum Gasteiger partial charge on any atom is -0.491 e. The number of benzene rings is 1. The van der Waals surface area contributed by atoms with Gasteiger partial charge < -0.3 is 9.64 Å². The Kier molecular flexibility index (Phi) is 7.10. The van der Waals surface area contributed by atoms with E-state index in [9.17, 15) is 0 Å². The summed E-state index contributed by atoms with van der Waals surface area (Å²) >= 11 is 12.0. The molecule has 0 amide bonds. The molecule has 0 unspecified atom stereocenters. The summed E-state index contributed by atoms with van der Waals surface area (Å²) in [6.45, 7) is 3.62. The van der Waals surface area contributed by atoms with E-state index in [1.54, 1.807) is 6.07 Å². The Morgan fingerprint density at radius 3 is 2.58 bits per heavy atom. The van der Waals surface area contributed by atoms with Crippen molar-refractivity contribution in [2.75, 3.05) is 27.2 Å². The van der Waals surface area contributed by atoms with Gasteiger partial charge in [0, 0.05) is 12.2 Å². The van der Waals surface area contributed by atoms with Gasteiger partial charge in [-0.1, -0.05) is 35.3 Å². The van der Waals surface area contributed by atoms with Gasteiger partial charge >= 0.3 is 0 Å². The highest BCUT2D eigenvalue weighted by Gasteiger charge is 2.04. The molecule has 1 heterocycles. The van der Waals surface area contributed by atoms with Crippen LogP contribution in [0, 0.1) is 6.92 Å². The van der Waals surface area contributed by atoms with Crippen LogP contribution >= 0.6 is 23.2 Å². The van der Waals surface area contributed by atoms with E-state index in [4.69, 9.17) is 27.9 Å². The maximum absolute atomic E-state index is 6.05. The molecule has 2 aromatic rings. The van der Waals surface area contributed by atoms with E-state index in [-0.39, 0.29) is 0 Å². The fourth-order valence-corrected chi connectivity index (χ4v) is 2.47. The normalized spacial score (nSPS) is 11.4. The summed E-state index contributed by atoms with van der Waals surface area (Å²) in [5.74, 6) is 0.788. The molecule has 0 atom stereocenters. The SMILES string of the molecule is Cc1ccc(OCCCN(C)C)c(C=Cc2ccc(Cl)c(Cl)c2)n1. The zero-order chi connectivity index (χ0) is 17.5. The van der Waals surface area contributed by atoms with Gasteiger partial charge in [-0.25, -0.2) is 4.98 Å². The van der Waals surface area contributed by atoms with Crippen molar-refractivity contribution in [3.8, 4) is 5.75 Å². The summed E-state index contributed by atoms with van der Waals surface area (Å²) in [7, 11) is 4.11. The predicted molar refractivity (Wildman–Crippen MR) is 103 cm³/mol. The van der Waals surface area contributed by atoms with Crippen LogP contribution in [-0.2, 0) is 0 Å². The minimum absolute atomic E-state index is 0.538. The number of aryl methyl sites for hydroxylation is 1. The molecular formula is C19H22Cl2N2O. The zero-order valence-corrected chi connectivity index (χ0v) is 15.7. The largest absolute Gasteiger partial charge is 0.491 e. The van der Waals surface area contributed by atoms with Gasteiger partial charge in [-0.3, -0.25) is 0 Å². The number of aromatic nitrogens is 1. The second-order valence-corrected chi connectivity index (χ2v) is 6.66. The molecule has 0 saturated heterocycles. The van der Waals surface area contributed by atoms with E-state index in [0.717, 1.165) is 35.7 Å². The van der Waals surface area contributed by atoms with Crippen LogP contribution in [0.4, 0.5) is 0 Å². The highest BCUT2D eigenvalue weighted by Crippen LogP contribution is 2.25. The lowest BCUT2D eigenvalue weighted by atomic mass is 10.2. The molecule has 0 spiro atoms. The highest BCUT2D eigenvalue weighted by molar-refractivity contribution is 6.42. The molecule has 24 heavy (non-hydrogen) atoms. The van der Waals surface area contributed by atoms with Gasteiger partial charge in [0.25, 0.3) is 0 Å². The first-order valence-corrected chi connectivity index (χ1v) is 8.59. The van der Waals surface area contributed by atoms with E-state index >= 15 is 0 Å². The van der Waals surface area contributed by atoms with Crippen molar-refractivity contribution in [1.29, 1.82) is 0 Å². The van der Waals surface area contributed by atoms with Crippen LogP contribution in [0.5, 0.6) is 5.75 Å². The smallest absolute Gasteiger partial charge is 0.144 e. The molecule has 0 aliphatic heterocycles. The average Bonchev–Trinajstić information content (AvgIpc) is 2.54. The molecule has 3 nitrogen and oxygen atoms in total. The molecule has 128 valence electrons. The number of halogens is 2. The topological polar surface area (TPSA) is 25.4 Å². The quantitative estimate of drug-likeness (QED) is 0.631. The third-order valence-electron chi connectivity index (χ3n) is 3.41. The highest BCUT2D eigenvalue weighted by atomic mass is 35.5. The fourth-order valence-electron chi connectivity index (χ4n) is 2.16. The summed E-state index contributed by atoms with van der Waals surface area (Å²) in [4.78, 5) is 6.70. The molecule has 0 bridgehead atoms. The summed E-state index contributed by atoms with van der Waals surface area (Å²) < 4.78 is 5.89. The summed E-state index contributed by atoms with van der Waals surface area (Å²) in [6.07, 6.45) is 4.86. The van der Waals surface area contributed by atoms with Crippen molar-refractivity contribution in [3.63, 3.8) is 0 Å². The Bertz CT molecular complexity index is 715. The second-order valence-electron chi connectivity index (χ2n) is 5.85. The number of ether oxygens (including phenoxy) is 1. The Morgan fingerprint density at radius 1 is 1.08 bits per heavy atom. The Labute approximate surface area is 153 Å². The van der Waals surface area contributed by atoms with Gasteiger partial charge in [0.15, 0.2) is 0 Å². The molecule has 0 radical (unpaired) electrons. The van der Waals surface area contributed by atoms with Crippen molar-refractivity contribution in [1.82, 2.24) is 9.88 Å². The van der Waals surface area contributed by atoms with Crippen LogP contribution in [0.25, 0.3) is 12.2 Å². The van der Waals surface area contributed by atoms with Gasteiger partial charge in [0.05, 0.1) is 16.7 Å². The first kappa shape index (κ1) is 18.8. The summed E-state index contributed by atoms with van der Waals surface area (Å²) in [5.41, 5.74) is 2.72. The molecule has 2 rings (SSSR count). The molecule has 0 aliphatic carbocycles. The summed E-state index contributed by atoms with van der Waals surface area (Å²) in [6, 6.07) is 9.45. The number of hydrogen-bond donors (Lipinski definition) is 0. The lowest BCUT2D eigenvalue weighted by molar-refractivity contribution is 0.280. The monoisotopic (exact) mass is 364 g/mol. The molecular weight excluding hydrogens is 343 g/mol. The number of rotatable bonds is 7. The second kappa shape index (κ2) is 9.07. The van der Waals surface area contributed by atoms with Crippen molar-refractivity contribution in [2.45, 2.75) is 13.3 Å². The molecule has 0 saturated carbocycles. The molecule has 1 aromatic heterocycles. The number of nitrogens with zero attached hydrogens (tertiary/aromatic N) is 2. The first-order chi connectivity index (χ1) is 11.5. The van der Waals surface area contributed by atoms with Gasteiger partial charge in [0.1, 0.15) is 11.4 Å². The maximum atomic E-state index is 6.05.